The van der Waals surface area contributed by atoms with E-state index in [0.717, 1.165) is 32.5 Å². The number of unbranched alkanes of at least 4 members (excludes halogenated alkanes) is 2. The zero-order valence-corrected chi connectivity index (χ0v) is 45.7. The molecule has 0 unspecified atom stereocenters. The van der Waals surface area contributed by atoms with E-state index >= 15 is 0 Å². The lowest BCUT2D eigenvalue weighted by Gasteiger charge is -2.28. The Morgan fingerprint density at radius 2 is 1.40 bits per heavy atom. The summed E-state index contributed by atoms with van der Waals surface area (Å²) < 4.78 is 5.33. The lowest BCUT2D eigenvalue weighted by Crippen LogP contribution is -2.61. The molecular weight excluding hydrogens is 1040 g/mol. The molecule has 1 aromatic heterocycles. The number of ether oxygens (including phenoxy) is 1. The zero-order valence-electron chi connectivity index (χ0n) is 44.1. The normalized spacial score (nSPS) is 21.6. The fourth-order valence-electron chi connectivity index (χ4n) is 7.97. The van der Waals surface area contributed by atoms with E-state index in [1.807, 2.05) is 18.2 Å². The number of hydrogen-bond donors (Lipinski definition) is 14. The highest BCUT2D eigenvalue weighted by Crippen LogP contribution is 2.25. The van der Waals surface area contributed by atoms with E-state index in [2.05, 4.69) is 47.5 Å². The van der Waals surface area contributed by atoms with Crippen molar-refractivity contribution in [2.75, 3.05) is 24.6 Å². The van der Waals surface area contributed by atoms with Gasteiger partial charge in [-0.2, -0.15) is 0 Å². The number of aliphatic hydroxyl groups is 1. The van der Waals surface area contributed by atoms with Crippen molar-refractivity contribution < 1.29 is 58.1 Å². The number of para-hydroxylation sites is 1. The Morgan fingerprint density at radius 3 is 2.05 bits per heavy atom. The van der Waals surface area contributed by atoms with E-state index in [1.54, 1.807) is 52.1 Å². The minimum Gasteiger partial charge on any atom is -0.508 e. The number of nitrogens with two attached hydrogens (primary N) is 3. The summed E-state index contributed by atoms with van der Waals surface area (Å²) in [5.74, 6) is -7.29. The molecule has 9 amide bonds. The molecule has 1 aliphatic heterocycles. The lowest BCUT2D eigenvalue weighted by atomic mass is 10.0. The van der Waals surface area contributed by atoms with Crippen LogP contribution in [0.15, 0.2) is 54.7 Å². The summed E-state index contributed by atoms with van der Waals surface area (Å²) in [5.41, 5.74) is 18.5. The van der Waals surface area contributed by atoms with Gasteiger partial charge in [0.05, 0.1) is 12.1 Å². The fraction of sp³-hybridized carbons (Fsp3) is 0.549. The van der Waals surface area contributed by atoms with Gasteiger partial charge in [0.25, 0.3) is 0 Å². The quantitative estimate of drug-likeness (QED) is 0.0518. The van der Waals surface area contributed by atoms with E-state index in [-0.39, 0.29) is 62.3 Å². The summed E-state index contributed by atoms with van der Waals surface area (Å²) in [6.45, 7) is 8.48. The number of phenols is 1. The maximum atomic E-state index is 14.8. The van der Waals surface area contributed by atoms with E-state index in [0.29, 0.717) is 36.9 Å². The van der Waals surface area contributed by atoms with Crippen LogP contribution < -0.4 is 59.7 Å². The van der Waals surface area contributed by atoms with Gasteiger partial charge in [0, 0.05) is 48.0 Å². The van der Waals surface area contributed by atoms with Crippen LogP contribution in [-0.4, -0.2) is 153 Å². The molecule has 0 bridgehead atoms. The van der Waals surface area contributed by atoms with Gasteiger partial charge in [-0.25, -0.2) is 4.79 Å². The Balaban J connectivity index is 1.81. The molecule has 424 valence electrons. The number of H-pyrrole nitrogens is 1. The van der Waals surface area contributed by atoms with Gasteiger partial charge in [-0.3, -0.25) is 38.4 Å². The van der Waals surface area contributed by atoms with Crippen LogP contribution in [0.5, 0.6) is 5.75 Å². The molecule has 24 nitrogen and oxygen atoms in total. The van der Waals surface area contributed by atoms with Gasteiger partial charge in [0.1, 0.15) is 53.6 Å². The second-order valence-corrected chi connectivity index (χ2v) is 22.3. The van der Waals surface area contributed by atoms with Gasteiger partial charge in [0.2, 0.25) is 47.3 Å². The van der Waals surface area contributed by atoms with Gasteiger partial charge in [-0.1, -0.05) is 65.3 Å². The third-order valence-corrected chi connectivity index (χ3v) is 14.6. The Morgan fingerprint density at radius 1 is 0.792 bits per heavy atom. The number of carbonyl (C=O) groups is 9. The molecule has 4 rings (SSSR count). The van der Waals surface area contributed by atoms with Gasteiger partial charge in [0.15, 0.2) is 0 Å². The maximum absolute atomic E-state index is 14.8. The number of aromatic amines is 1. The monoisotopic (exact) mass is 1110 g/mol. The molecular formula is C51H76N12O12S2. The Bertz CT molecular complexity index is 2490. The summed E-state index contributed by atoms with van der Waals surface area (Å²) in [6, 6.07) is 2.21. The molecule has 1 saturated heterocycles. The number of benzene rings is 2. The van der Waals surface area contributed by atoms with Gasteiger partial charge in [-0.05, 0) is 102 Å². The van der Waals surface area contributed by atoms with Crippen LogP contribution in [0.4, 0.5) is 4.79 Å². The highest BCUT2D eigenvalue weighted by Gasteiger charge is 2.36. The largest absolute Gasteiger partial charge is 0.508 e. The number of aromatic nitrogens is 1. The highest BCUT2D eigenvalue weighted by molar-refractivity contribution is 8.76. The first-order valence-electron chi connectivity index (χ1n) is 25.6. The SMILES string of the molecule is CC[C@@H]1NC(=O)[C@H](CCCCNC(=O)OC(C)(C)C)NC(=O)[C@@H](Cc2c[nH]c3ccccc23)NC(=O)[C@H](Cc2ccc(O)cc2)NC(=O)[C@@H](NC(=O)[C@H](N)CCCCN)CSSC[C@@H](C(=O)N[C@H](C(N)=O)[C@@H](C)O)NC1=O. The number of phenolic OH excluding ortho intramolecular Hbond substituents is 1. The molecule has 2 aromatic carbocycles. The summed E-state index contributed by atoms with van der Waals surface area (Å²) in [7, 11) is 1.99. The number of aliphatic hydroxyl groups excluding tert-OH is 1. The lowest BCUT2D eigenvalue weighted by molar-refractivity contribution is -0.135. The first-order valence-corrected chi connectivity index (χ1v) is 28.1. The van der Waals surface area contributed by atoms with Crippen molar-refractivity contribution in [3.63, 3.8) is 0 Å². The number of carbonyl (C=O) groups excluding carboxylic acids is 9. The van der Waals surface area contributed by atoms with Crippen LogP contribution in [0.25, 0.3) is 10.9 Å². The number of nitrogens with one attached hydrogen (secondary N) is 9. The molecule has 9 atom stereocenters. The van der Waals surface area contributed by atoms with Crippen LogP contribution in [0.2, 0.25) is 0 Å². The molecule has 0 spiro atoms. The Hall–Kier alpha value is -6.61. The first-order chi connectivity index (χ1) is 36.5. The van der Waals surface area contributed by atoms with Crippen molar-refractivity contribution in [3.8, 4) is 5.75 Å². The fourth-order valence-corrected chi connectivity index (χ4v) is 10.3. The summed E-state index contributed by atoms with van der Waals surface area (Å²) in [5, 5.41) is 42.4. The third kappa shape index (κ3) is 21.0. The van der Waals surface area contributed by atoms with Crippen molar-refractivity contribution in [2.45, 2.75) is 152 Å². The number of fused-ring (bicyclic) bond motifs is 1. The van der Waals surface area contributed by atoms with E-state index in [9.17, 15) is 53.4 Å². The van der Waals surface area contributed by atoms with Gasteiger partial charge in [-0.15, -0.1) is 0 Å². The van der Waals surface area contributed by atoms with Crippen molar-refractivity contribution in [2.24, 2.45) is 17.2 Å². The Labute approximate surface area is 455 Å². The second kappa shape index (κ2) is 31.0. The molecule has 26 heteroatoms. The standard InChI is InChI=1S/C51H76N12O12S2/c1-6-34-44(68)62-40(49(73)63-41(28(2)64)42(54)66)27-77-76-26-39(61-43(67)33(53)14-9-11-21-52)48(72)59-37(23-29-17-19-31(65)20-18-29)46(70)60-38(24-30-25-56-35-15-8-7-13-32(30)35)47(71)58-36(45(69)57-34)16-10-12-22-55-50(74)75-51(3,4)5/h7-8,13,15,17-20,25,28,33-34,36-41,56,64-65H,6,9-12,14,16,21-24,26-27,52-53H2,1-5H3,(H2,54,66)(H,55,74)(H,57,69)(H,58,71)(H,59,72)(H,60,70)(H,61,67)(H,62,68)(H,63,73)/t28-,33-,34+,36+,37+,38-,39+,40+,41+/m1/s1. The van der Waals surface area contributed by atoms with Crippen LogP contribution in [0, 0.1) is 0 Å². The van der Waals surface area contributed by atoms with Crippen LogP contribution in [0.1, 0.15) is 90.7 Å². The first kappa shape index (κ1) is 62.9. The topological polar surface area (TPSA) is 393 Å². The minimum atomic E-state index is -1.56. The predicted octanol–water partition coefficient (Wildman–Crippen LogP) is -0.125. The number of aromatic hydroxyl groups is 1. The van der Waals surface area contributed by atoms with Crippen molar-refractivity contribution in [3.05, 3.63) is 65.9 Å². The highest BCUT2D eigenvalue weighted by atomic mass is 33.1. The van der Waals surface area contributed by atoms with Crippen molar-refractivity contribution in [1.82, 2.24) is 47.5 Å². The summed E-state index contributed by atoms with van der Waals surface area (Å²) >= 11 is 0. The van der Waals surface area contributed by atoms with Crippen LogP contribution in [-0.2, 0) is 55.9 Å². The number of rotatable bonds is 20. The van der Waals surface area contributed by atoms with Crippen LogP contribution >= 0.6 is 21.6 Å². The van der Waals surface area contributed by atoms with E-state index in [4.69, 9.17) is 21.9 Å². The number of amides is 9. The predicted molar refractivity (Wildman–Crippen MR) is 292 cm³/mol. The molecule has 77 heavy (non-hydrogen) atoms. The molecule has 2 heterocycles. The third-order valence-electron chi connectivity index (χ3n) is 12.2. The zero-order chi connectivity index (χ0) is 56.8. The smallest absolute Gasteiger partial charge is 0.407 e. The average Bonchev–Trinajstić information content (AvgIpc) is 3.78. The summed E-state index contributed by atoms with van der Waals surface area (Å²) in [6.07, 6.45) is 1.16. The van der Waals surface area contributed by atoms with Gasteiger partial charge < -0.3 is 79.7 Å². The van der Waals surface area contributed by atoms with Crippen molar-refractivity contribution in [1.29, 1.82) is 0 Å². The van der Waals surface area contributed by atoms with Crippen molar-refractivity contribution >= 4 is 85.8 Å². The number of primary amides is 1. The molecule has 0 radical (unpaired) electrons. The van der Waals surface area contributed by atoms with E-state index < -0.39 is 113 Å². The molecule has 17 N–H and O–H groups in total. The van der Waals surface area contributed by atoms with Gasteiger partial charge >= 0.3 is 6.09 Å². The molecule has 1 fully saturated rings. The molecule has 3 aromatic rings. The summed E-state index contributed by atoms with van der Waals surface area (Å²) in [4.78, 5) is 128. The second-order valence-electron chi connectivity index (χ2n) is 19.7. The molecule has 0 aliphatic carbocycles. The van der Waals surface area contributed by atoms with Crippen LogP contribution in [0.3, 0.4) is 0 Å². The Kier molecular flexibility index (Phi) is 25.3. The average molecular weight is 1110 g/mol. The minimum absolute atomic E-state index is 0.0155. The number of hydrogen-bond acceptors (Lipinski definition) is 16. The maximum Gasteiger partial charge on any atom is 0.407 e. The number of alkyl carbamates (subject to hydrolysis) is 1. The molecule has 0 saturated carbocycles. The van der Waals surface area contributed by atoms with E-state index in [1.165, 1.54) is 19.1 Å². The molecule has 1 aliphatic rings.